The van der Waals surface area contributed by atoms with E-state index in [1.165, 1.54) is 17.8 Å². The molecule has 5 heteroatoms. The Morgan fingerprint density at radius 2 is 2.08 bits per heavy atom. The first-order valence-corrected chi connectivity index (χ1v) is 9.41. The number of fused-ring (bicyclic) bond motifs is 3. The summed E-state index contributed by atoms with van der Waals surface area (Å²) in [4.78, 5) is 5.04. The van der Waals surface area contributed by atoms with Crippen LogP contribution in [0.5, 0.6) is 0 Å². The maximum Gasteiger partial charge on any atom is 0.168 e. The molecule has 134 valence electrons. The first kappa shape index (κ1) is 16.6. The molecule has 0 N–H and O–H groups in total. The summed E-state index contributed by atoms with van der Waals surface area (Å²) in [6, 6.07) is 0. The topological polar surface area (TPSA) is 45.5 Å². The zero-order valence-electron chi connectivity index (χ0n) is 15.3. The third-order valence-electron chi connectivity index (χ3n) is 6.56. The second-order valence-electron chi connectivity index (χ2n) is 7.92. The zero-order valence-corrected chi connectivity index (χ0v) is 15.3. The van der Waals surface area contributed by atoms with E-state index in [0.29, 0.717) is 5.92 Å². The van der Waals surface area contributed by atoms with Gasteiger partial charge in [0.1, 0.15) is 5.82 Å². The van der Waals surface area contributed by atoms with Crippen molar-refractivity contribution in [2.24, 2.45) is 5.92 Å². The van der Waals surface area contributed by atoms with E-state index in [2.05, 4.69) is 18.4 Å². The molecule has 1 saturated carbocycles. The largest absolute Gasteiger partial charge is 0.385 e. The maximum absolute atomic E-state index is 6.00. The smallest absolute Gasteiger partial charge is 0.168 e. The van der Waals surface area contributed by atoms with Crippen LogP contribution in [0.3, 0.4) is 0 Å². The number of hydrogen-bond donors (Lipinski definition) is 0. The van der Waals surface area contributed by atoms with Gasteiger partial charge in [0.25, 0.3) is 0 Å². The second kappa shape index (κ2) is 6.11. The van der Waals surface area contributed by atoms with E-state index in [0.717, 1.165) is 64.3 Å². The van der Waals surface area contributed by atoms with Crippen LogP contribution in [0.4, 0.5) is 0 Å². The van der Waals surface area contributed by atoms with Crippen molar-refractivity contribution in [3.05, 3.63) is 17.2 Å². The van der Waals surface area contributed by atoms with Gasteiger partial charge in [0.15, 0.2) is 5.79 Å². The monoisotopic (exact) mass is 334 g/mol. The lowest BCUT2D eigenvalue weighted by atomic mass is 9.59. The highest BCUT2D eigenvalue weighted by Crippen LogP contribution is 2.54. The lowest BCUT2D eigenvalue weighted by Crippen LogP contribution is -2.49. The average molecular weight is 334 g/mol. The van der Waals surface area contributed by atoms with Crippen molar-refractivity contribution in [1.82, 2.24) is 9.55 Å². The van der Waals surface area contributed by atoms with E-state index in [-0.39, 0.29) is 11.2 Å². The van der Waals surface area contributed by atoms with E-state index >= 15 is 0 Å². The maximum atomic E-state index is 6.00. The van der Waals surface area contributed by atoms with Crippen LogP contribution in [0, 0.1) is 12.8 Å². The van der Waals surface area contributed by atoms with Gasteiger partial charge in [-0.2, -0.15) is 0 Å². The normalized spacial score (nSPS) is 31.2. The first-order chi connectivity index (χ1) is 11.6. The average Bonchev–Trinajstić information content (AvgIpc) is 3.15. The summed E-state index contributed by atoms with van der Waals surface area (Å²) in [6.45, 7) is 7.90. The fraction of sp³-hybridized carbons (Fsp3) is 0.842. The van der Waals surface area contributed by atoms with E-state index in [9.17, 15) is 0 Å². The van der Waals surface area contributed by atoms with Crippen LogP contribution in [0.25, 0.3) is 0 Å². The highest BCUT2D eigenvalue weighted by atomic mass is 16.7. The molecule has 3 aliphatic rings. The Kier molecular flexibility index (Phi) is 4.22. The van der Waals surface area contributed by atoms with Crippen molar-refractivity contribution < 1.29 is 14.2 Å². The number of aryl methyl sites for hydroxylation is 1. The van der Waals surface area contributed by atoms with Crippen LogP contribution in [-0.4, -0.2) is 42.3 Å². The molecule has 0 radical (unpaired) electrons. The molecule has 1 aromatic heterocycles. The van der Waals surface area contributed by atoms with Crippen LogP contribution < -0.4 is 0 Å². The summed E-state index contributed by atoms with van der Waals surface area (Å²) >= 11 is 0. The molecule has 0 amide bonds. The molecule has 0 bridgehead atoms. The first-order valence-electron chi connectivity index (χ1n) is 9.41. The molecule has 2 atom stereocenters. The van der Waals surface area contributed by atoms with Gasteiger partial charge in [-0.3, -0.25) is 0 Å². The summed E-state index contributed by atoms with van der Waals surface area (Å²) in [5.41, 5.74) is 2.99. The van der Waals surface area contributed by atoms with E-state index < -0.39 is 0 Å². The molecule has 1 aromatic rings. The van der Waals surface area contributed by atoms with Crippen LogP contribution in [-0.2, 0) is 32.6 Å². The van der Waals surface area contributed by atoms with Gasteiger partial charge in [0.05, 0.1) is 18.9 Å². The Morgan fingerprint density at radius 3 is 2.83 bits per heavy atom. The molecule has 5 nitrogen and oxygen atoms in total. The van der Waals surface area contributed by atoms with Gasteiger partial charge in [-0.05, 0) is 38.5 Å². The Balaban J connectivity index is 1.60. The number of rotatable bonds is 4. The lowest BCUT2D eigenvalue weighted by Gasteiger charge is -2.49. The highest BCUT2D eigenvalue weighted by Gasteiger charge is 2.53. The van der Waals surface area contributed by atoms with Crippen molar-refractivity contribution >= 4 is 0 Å². The molecular weight excluding hydrogens is 304 g/mol. The zero-order chi connectivity index (χ0) is 16.8. The molecule has 1 spiro atoms. The molecular formula is C19H30N2O3. The number of methoxy groups -OCH3 is 1. The molecule has 1 aliphatic heterocycles. The summed E-state index contributed by atoms with van der Waals surface area (Å²) in [5, 5.41) is 0. The molecule has 0 aromatic carbocycles. The molecule has 2 unspecified atom stereocenters. The van der Waals surface area contributed by atoms with Crippen molar-refractivity contribution in [1.29, 1.82) is 0 Å². The van der Waals surface area contributed by atoms with Gasteiger partial charge in [0.2, 0.25) is 0 Å². The Morgan fingerprint density at radius 1 is 1.29 bits per heavy atom. The fourth-order valence-corrected chi connectivity index (χ4v) is 5.14. The number of ether oxygens (including phenoxy) is 3. The molecule has 24 heavy (non-hydrogen) atoms. The molecule has 4 rings (SSSR count). The van der Waals surface area contributed by atoms with Crippen LogP contribution in [0.1, 0.15) is 56.2 Å². The van der Waals surface area contributed by atoms with E-state index in [4.69, 9.17) is 19.2 Å². The van der Waals surface area contributed by atoms with Crippen LogP contribution in [0.15, 0.2) is 0 Å². The molecule has 2 aliphatic carbocycles. The minimum atomic E-state index is -0.294. The van der Waals surface area contributed by atoms with E-state index in [1.807, 2.05) is 0 Å². The minimum absolute atomic E-state index is 0.172. The molecule has 2 fully saturated rings. The number of aromatic nitrogens is 2. The van der Waals surface area contributed by atoms with Crippen molar-refractivity contribution in [3.8, 4) is 0 Å². The third-order valence-corrected chi connectivity index (χ3v) is 6.56. The van der Waals surface area contributed by atoms with Gasteiger partial charge >= 0.3 is 0 Å². The standard InChI is InChI=1S/C19H30N2O3/c1-14-20-17-16(21(14)9-4-10-22-3)6-5-15-13-19(23-11-12-24-19)8-7-18(15,17)2/h15H,4-13H2,1-3H3. The van der Waals surface area contributed by atoms with Crippen molar-refractivity contribution in [3.63, 3.8) is 0 Å². The van der Waals surface area contributed by atoms with Crippen molar-refractivity contribution in [2.45, 2.75) is 70.1 Å². The second-order valence-corrected chi connectivity index (χ2v) is 7.92. The highest BCUT2D eigenvalue weighted by molar-refractivity contribution is 5.31. The van der Waals surface area contributed by atoms with Crippen LogP contribution >= 0.6 is 0 Å². The Labute approximate surface area is 144 Å². The number of imidazole rings is 1. The van der Waals surface area contributed by atoms with Gasteiger partial charge in [0, 0.05) is 44.2 Å². The number of hydrogen-bond acceptors (Lipinski definition) is 4. The lowest BCUT2D eigenvalue weighted by molar-refractivity contribution is -0.199. The minimum Gasteiger partial charge on any atom is -0.385 e. The molecule has 2 heterocycles. The fourth-order valence-electron chi connectivity index (χ4n) is 5.14. The predicted molar refractivity (Wildman–Crippen MR) is 91.1 cm³/mol. The van der Waals surface area contributed by atoms with Gasteiger partial charge in [-0.15, -0.1) is 0 Å². The van der Waals surface area contributed by atoms with E-state index in [1.54, 1.807) is 7.11 Å². The van der Waals surface area contributed by atoms with Crippen LogP contribution in [0.2, 0.25) is 0 Å². The number of nitrogens with zero attached hydrogens (tertiary/aromatic N) is 2. The Hall–Kier alpha value is -0.910. The van der Waals surface area contributed by atoms with Gasteiger partial charge in [-0.1, -0.05) is 6.92 Å². The SMILES string of the molecule is COCCCn1c(C)nc2c1CCC1CC3(CCC21C)OCCO3. The summed E-state index contributed by atoms with van der Waals surface area (Å²) in [6.07, 6.45) is 6.52. The quantitative estimate of drug-likeness (QED) is 0.794. The predicted octanol–water partition coefficient (Wildman–Crippen LogP) is 2.98. The Bertz CT molecular complexity index is 606. The van der Waals surface area contributed by atoms with Gasteiger partial charge in [-0.25, -0.2) is 4.98 Å². The molecule has 1 saturated heterocycles. The summed E-state index contributed by atoms with van der Waals surface area (Å²) in [7, 11) is 1.77. The third kappa shape index (κ3) is 2.52. The summed E-state index contributed by atoms with van der Waals surface area (Å²) < 4.78 is 19.6. The summed E-state index contributed by atoms with van der Waals surface area (Å²) in [5.74, 6) is 1.47. The van der Waals surface area contributed by atoms with Crippen molar-refractivity contribution in [2.75, 3.05) is 26.9 Å². The van der Waals surface area contributed by atoms with Gasteiger partial charge < -0.3 is 18.8 Å².